The third-order valence-electron chi connectivity index (χ3n) is 1.75. The van der Waals surface area contributed by atoms with Crippen LogP contribution in [0.4, 0.5) is 0 Å². The Kier molecular flexibility index (Phi) is 2.99. The highest BCUT2D eigenvalue weighted by Crippen LogP contribution is 2.18. The molecule has 1 aromatic rings. The van der Waals surface area contributed by atoms with Gasteiger partial charge in [-0.2, -0.15) is 10.1 Å². The van der Waals surface area contributed by atoms with Crippen molar-refractivity contribution in [2.45, 2.75) is 19.4 Å². The van der Waals surface area contributed by atoms with Gasteiger partial charge >= 0.3 is 0 Å². The van der Waals surface area contributed by atoms with E-state index >= 15 is 0 Å². The van der Waals surface area contributed by atoms with Crippen molar-refractivity contribution in [3.8, 4) is 0 Å². The van der Waals surface area contributed by atoms with Gasteiger partial charge in [0.05, 0.1) is 6.04 Å². The molecule has 12 heavy (non-hydrogen) atoms. The summed E-state index contributed by atoms with van der Waals surface area (Å²) in [6.07, 6.45) is 0.954. The van der Waals surface area contributed by atoms with Crippen molar-refractivity contribution in [2.24, 2.45) is 0 Å². The molecule has 1 rings (SSSR count). The largest absolute Gasteiger partial charge is 0.362 e. The molecule has 0 aliphatic carbocycles. The molecule has 0 aromatic carbocycles. The van der Waals surface area contributed by atoms with Gasteiger partial charge in [0.25, 0.3) is 0 Å². The zero-order valence-electron chi connectivity index (χ0n) is 7.50. The van der Waals surface area contributed by atoms with Crippen LogP contribution < -0.4 is 0 Å². The molecular formula is C7H13N3OS. The van der Waals surface area contributed by atoms with Crippen LogP contribution in [-0.2, 0) is 0 Å². The molecular weight excluding hydrogens is 174 g/mol. The number of aromatic amines is 1. The van der Waals surface area contributed by atoms with Crippen LogP contribution in [-0.4, -0.2) is 29.1 Å². The second-order valence-electron chi connectivity index (χ2n) is 2.85. The van der Waals surface area contributed by atoms with Gasteiger partial charge in [0.15, 0.2) is 0 Å². The Hall–Kier alpha value is -0.680. The molecule has 68 valence electrons. The molecule has 0 bridgehead atoms. The summed E-state index contributed by atoms with van der Waals surface area (Å²) in [5, 5.41) is 2.54. The average molecular weight is 187 g/mol. The van der Waals surface area contributed by atoms with E-state index in [1.54, 1.807) is 0 Å². The zero-order valence-corrected chi connectivity index (χ0v) is 8.31. The van der Waals surface area contributed by atoms with E-state index in [0.717, 1.165) is 6.42 Å². The lowest BCUT2D eigenvalue weighted by atomic mass is 10.2. The number of aromatic nitrogens is 2. The molecule has 0 aliphatic heterocycles. The van der Waals surface area contributed by atoms with E-state index in [1.807, 2.05) is 14.1 Å². The summed E-state index contributed by atoms with van der Waals surface area (Å²) in [6.45, 7) is 2.08. The van der Waals surface area contributed by atoms with Crippen LogP contribution >= 0.6 is 12.2 Å². The molecule has 1 N–H and O–H groups in total. The Morgan fingerprint density at radius 1 is 1.67 bits per heavy atom. The SMILES string of the molecule is CCC(c1nc(=S)[nH]o1)N(C)C. The molecule has 0 spiro atoms. The van der Waals surface area contributed by atoms with Gasteiger partial charge < -0.3 is 4.52 Å². The van der Waals surface area contributed by atoms with E-state index in [4.69, 9.17) is 16.7 Å². The molecule has 1 aromatic heterocycles. The van der Waals surface area contributed by atoms with Crippen molar-refractivity contribution < 1.29 is 4.52 Å². The number of hydrogen-bond acceptors (Lipinski definition) is 4. The first-order valence-corrected chi connectivity index (χ1v) is 4.27. The maximum atomic E-state index is 5.10. The van der Waals surface area contributed by atoms with E-state index in [9.17, 15) is 0 Å². The average Bonchev–Trinajstić information content (AvgIpc) is 2.37. The fourth-order valence-electron chi connectivity index (χ4n) is 1.14. The Balaban J connectivity index is 2.87. The molecule has 1 atom stereocenters. The second-order valence-corrected chi connectivity index (χ2v) is 3.23. The summed E-state index contributed by atoms with van der Waals surface area (Å²) in [7, 11) is 3.98. The van der Waals surface area contributed by atoms with Crippen LogP contribution in [0, 0.1) is 4.77 Å². The van der Waals surface area contributed by atoms with Crippen LogP contribution in [0.25, 0.3) is 0 Å². The van der Waals surface area contributed by atoms with Crippen molar-refractivity contribution in [3.63, 3.8) is 0 Å². The predicted octanol–water partition coefficient (Wildman–Crippen LogP) is 1.74. The Morgan fingerprint density at radius 2 is 2.33 bits per heavy atom. The number of hydrogen-bond donors (Lipinski definition) is 1. The van der Waals surface area contributed by atoms with E-state index in [2.05, 4.69) is 22.0 Å². The third kappa shape index (κ3) is 1.92. The summed E-state index contributed by atoms with van der Waals surface area (Å²) >= 11 is 4.81. The van der Waals surface area contributed by atoms with E-state index < -0.39 is 0 Å². The fraction of sp³-hybridized carbons (Fsp3) is 0.714. The quantitative estimate of drug-likeness (QED) is 0.732. The highest BCUT2D eigenvalue weighted by Gasteiger charge is 2.16. The minimum atomic E-state index is 0.206. The highest BCUT2D eigenvalue weighted by molar-refractivity contribution is 7.71. The summed E-state index contributed by atoms with van der Waals surface area (Å²) in [5.41, 5.74) is 0. The molecule has 5 heteroatoms. The summed E-state index contributed by atoms with van der Waals surface area (Å²) in [6, 6.07) is 0.206. The molecule has 0 aliphatic rings. The smallest absolute Gasteiger partial charge is 0.241 e. The maximum absolute atomic E-state index is 5.10. The van der Waals surface area contributed by atoms with Gasteiger partial charge in [0.2, 0.25) is 10.7 Å². The van der Waals surface area contributed by atoms with E-state index in [0.29, 0.717) is 10.7 Å². The Morgan fingerprint density at radius 3 is 2.67 bits per heavy atom. The minimum absolute atomic E-state index is 0.206. The Bertz CT molecular complexity index is 291. The van der Waals surface area contributed by atoms with Crippen molar-refractivity contribution in [3.05, 3.63) is 10.7 Å². The lowest BCUT2D eigenvalue weighted by Gasteiger charge is -2.18. The molecule has 0 amide bonds. The first kappa shape index (κ1) is 9.41. The number of H-pyrrole nitrogens is 1. The minimum Gasteiger partial charge on any atom is -0.362 e. The molecule has 1 heterocycles. The predicted molar refractivity (Wildman–Crippen MR) is 48.4 cm³/mol. The normalized spacial score (nSPS) is 13.7. The summed E-state index contributed by atoms with van der Waals surface area (Å²) in [5.74, 6) is 0.660. The lowest BCUT2D eigenvalue weighted by molar-refractivity contribution is 0.224. The zero-order chi connectivity index (χ0) is 9.14. The van der Waals surface area contributed by atoms with Crippen molar-refractivity contribution >= 4 is 12.2 Å². The topological polar surface area (TPSA) is 45.1 Å². The first-order chi connectivity index (χ1) is 5.65. The second kappa shape index (κ2) is 3.82. The molecule has 4 nitrogen and oxygen atoms in total. The molecule has 0 fully saturated rings. The van der Waals surface area contributed by atoms with Gasteiger partial charge in [-0.3, -0.25) is 4.90 Å². The standard InChI is InChI=1S/C7H13N3OS/c1-4-5(10(2)3)6-8-7(12)9-11-6/h5H,4H2,1-3H3,(H,9,12). The highest BCUT2D eigenvalue weighted by atomic mass is 32.1. The summed E-state index contributed by atoms with van der Waals surface area (Å²) < 4.78 is 5.50. The van der Waals surface area contributed by atoms with Gasteiger partial charge in [0.1, 0.15) is 0 Å². The van der Waals surface area contributed by atoms with Crippen LogP contribution in [0.2, 0.25) is 0 Å². The van der Waals surface area contributed by atoms with Crippen LogP contribution in [0.5, 0.6) is 0 Å². The van der Waals surface area contributed by atoms with Gasteiger partial charge in [-0.05, 0) is 32.7 Å². The molecule has 0 saturated carbocycles. The lowest BCUT2D eigenvalue weighted by Crippen LogP contribution is -2.19. The van der Waals surface area contributed by atoms with Crippen molar-refractivity contribution in [1.82, 2.24) is 15.0 Å². The van der Waals surface area contributed by atoms with E-state index in [1.165, 1.54) is 0 Å². The summed E-state index contributed by atoms with van der Waals surface area (Å²) in [4.78, 5) is 6.10. The fourth-order valence-corrected chi connectivity index (χ4v) is 1.28. The number of nitrogens with one attached hydrogen (secondary N) is 1. The van der Waals surface area contributed by atoms with Gasteiger partial charge in [-0.15, -0.1) is 0 Å². The Labute approximate surface area is 76.6 Å². The molecule has 0 saturated heterocycles. The molecule has 1 unspecified atom stereocenters. The first-order valence-electron chi connectivity index (χ1n) is 3.87. The number of nitrogens with zero attached hydrogens (tertiary/aromatic N) is 2. The van der Waals surface area contributed by atoms with Crippen LogP contribution in [0.3, 0.4) is 0 Å². The van der Waals surface area contributed by atoms with Crippen LogP contribution in [0.15, 0.2) is 4.52 Å². The van der Waals surface area contributed by atoms with Crippen LogP contribution in [0.1, 0.15) is 25.3 Å². The van der Waals surface area contributed by atoms with Crippen molar-refractivity contribution in [1.29, 1.82) is 0 Å². The maximum Gasteiger partial charge on any atom is 0.241 e. The molecule has 0 radical (unpaired) electrons. The van der Waals surface area contributed by atoms with Gasteiger partial charge in [0, 0.05) is 0 Å². The van der Waals surface area contributed by atoms with Crippen molar-refractivity contribution in [2.75, 3.05) is 14.1 Å². The third-order valence-corrected chi connectivity index (χ3v) is 1.92. The number of rotatable bonds is 3. The monoisotopic (exact) mass is 187 g/mol. The van der Waals surface area contributed by atoms with Gasteiger partial charge in [-0.1, -0.05) is 6.92 Å². The van der Waals surface area contributed by atoms with Gasteiger partial charge in [-0.25, -0.2) is 0 Å². The van der Waals surface area contributed by atoms with E-state index in [-0.39, 0.29) is 6.04 Å².